The van der Waals surface area contributed by atoms with Crippen LogP contribution in [0.15, 0.2) is 0 Å². The molecule has 0 radical (unpaired) electrons. The molecular weight excluding hydrogens is 192 g/mol. The Morgan fingerprint density at radius 2 is 1.70 bits per heavy atom. The first-order valence-corrected chi connectivity index (χ1v) is 4.21. The van der Waals surface area contributed by atoms with Gasteiger partial charge in [-0.05, 0) is 6.42 Å². The molecule has 0 aliphatic heterocycles. The van der Waals surface area contributed by atoms with Gasteiger partial charge in [-0.25, -0.2) is 0 Å². The van der Waals surface area contributed by atoms with Crippen LogP contribution in [0.2, 0.25) is 0 Å². The van der Waals surface area contributed by atoms with Gasteiger partial charge in [-0.2, -0.15) is 0 Å². The van der Waals surface area contributed by atoms with Gasteiger partial charge >= 0.3 is 0 Å². The Hall–Kier alpha value is 0.150. The Balaban J connectivity index is 4.01. The van der Waals surface area contributed by atoms with E-state index >= 15 is 0 Å². The monoisotopic (exact) mass is 206 g/mol. The van der Waals surface area contributed by atoms with Crippen LogP contribution in [0.25, 0.3) is 0 Å². The van der Waals surface area contributed by atoms with Gasteiger partial charge in [0.25, 0.3) is 0 Å². The van der Waals surface area contributed by atoms with Gasteiger partial charge in [0.15, 0.2) is 0 Å². The smallest absolute Gasteiger partial charge is 0.125 e. The van der Waals surface area contributed by atoms with Crippen LogP contribution >= 0.6 is 15.9 Å². The zero-order chi connectivity index (χ0) is 8.41. The third-order valence-corrected chi connectivity index (χ3v) is 1.48. The molecule has 0 aliphatic carbocycles. The normalized spacial score (nSPS) is 13.3. The summed E-state index contributed by atoms with van der Waals surface area (Å²) >= 11 is 3.50. The minimum absolute atomic E-state index is 0.0669. The Kier molecular flexibility index (Phi) is 3.08. The summed E-state index contributed by atoms with van der Waals surface area (Å²) in [5, 5.41) is 0. The van der Waals surface area contributed by atoms with Gasteiger partial charge in [-0.1, -0.05) is 43.6 Å². The molecule has 0 heterocycles. The molecule has 0 saturated carbocycles. The molecule has 1 nitrogen and oxygen atoms in total. The average molecular weight is 207 g/mol. The van der Waals surface area contributed by atoms with Crippen molar-refractivity contribution >= 4 is 22.2 Å². The molecule has 0 aromatic rings. The predicted octanol–water partition coefficient (Wildman–Crippen LogP) is 2.78. The molecule has 10 heavy (non-hydrogen) atoms. The largest absolute Gasteiger partial charge is 0.303 e. The second kappa shape index (κ2) is 3.04. The number of hydrogen-bond acceptors (Lipinski definition) is 1. The van der Waals surface area contributed by atoms with Crippen LogP contribution in [0, 0.1) is 5.41 Å². The molecule has 0 fully saturated rings. The van der Waals surface area contributed by atoms with Gasteiger partial charge in [0.2, 0.25) is 0 Å². The van der Waals surface area contributed by atoms with Crippen molar-refractivity contribution in [1.82, 2.24) is 0 Å². The lowest BCUT2D eigenvalue weighted by Gasteiger charge is -2.25. The van der Waals surface area contributed by atoms with E-state index in [1.165, 1.54) is 0 Å². The van der Waals surface area contributed by atoms with Crippen molar-refractivity contribution in [2.45, 2.75) is 38.4 Å². The van der Waals surface area contributed by atoms with E-state index in [1.54, 1.807) is 0 Å². The third-order valence-electron chi connectivity index (χ3n) is 1.20. The molecule has 0 N–H and O–H groups in total. The van der Waals surface area contributed by atoms with Crippen LogP contribution in [0.4, 0.5) is 0 Å². The van der Waals surface area contributed by atoms with Gasteiger partial charge in [0.05, 0.1) is 0 Å². The van der Waals surface area contributed by atoms with Gasteiger partial charge in [0, 0.05) is 9.74 Å². The van der Waals surface area contributed by atoms with Crippen molar-refractivity contribution in [1.29, 1.82) is 0 Å². The molecule has 0 amide bonds. The minimum Gasteiger partial charge on any atom is -0.303 e. The molecule has 0 rings (SSSR count). The molecule has 0 aromatic heterocycles. The standard InChI is InChI=1S/C8H15BrO/c1-7(2,6-10)5-8(3,4)9/h6H,5H2,1-4H3. The van der Waals surface area contributed by atoms with Crippen LogP contribution in [-0.2, 0) is 4.79 Å². The summed E-state index contributed by atoms with van der Waals surface area (Å²) in [7, 11) is 0. The number of aldehydes is 1. The summed E-state index contributed by atoms with van der Waals surface area (Å²) in [5.74, 6) is 0. The summed E-state index contributed by atoms with van der Waals surface area (Å²) in [4.78, 5) is 10.5. The summed E-state index contributed by atoms with van der Waals surface area (Å²) < 4.78 is 0.0669. The van der Waals surface area contributed by atoms with E-state index in [-0.39, 0.29) is 9.74 Å². The number of hydrogen-bond donors (Lipinski definition) is 0. The minimum atomic E-state index is -0.201. The van der Waals surface area contributed by atoms with E-state index in [0.717, 1.165) is 12.7 Å². The molecule has 0 spiro atoms. The molecule has 0 saturated heterocycles. The summed E-state index contributed by atoms with van der Waals surface area (Å²) in [5.41, 5.74) is -0.201. The fourth-order valence-electron chi connectivity index (χ4n) is 1.13. The van der Waals surface area contributed by atoms with E-state index in [1.807, 2.05) is 13.8 Å². The van der Waals surface area contributed by atoms with Gasteiger partial charge in [0.1, 0.15) is 6.29 Å². The second-order valence-corrected chi connectivity index (χ2v) is 6.15. The SMILES string of the molecule is CC(C)(Br)CC(C)(C)C=O. The molecule has 0 bridgehead atoms. The van der Waals surface area contributed by atoms with Crippen molar-refractivity contribution in [2.24, 2.45) is 5.41 Å². The number of carbonyl (C=O) groups is 1. The first-order chi connectivity index (χ1) is 4.27. The molecule has 60 valence electrons. The fraction of sp³-hybridized carbons (Fsp3) is 0.875. The number of alkyl halides is 1. The van der Waals surface area contributed by atoms with E-state index < -0.39 is 0 Å². The van der Waals surface area contributed by atoms with Gasteiger partial charge in [-0.15, -0.1) is 0 Å². The lowest BCUT2D eigenvalue weighted by molar-refractivity contribution is -0.115. The highest BCUT2D eigenvalue weighted by Crippen LogP contribution is 2.31. The van der Waals surface area contributed by atoms with E-state index in [2.05, 4.69) is 29.8 Å². The van der Waals surface area contributed by atoms with Crippen molar-refractivity contribution < 1.29 is 4.79 Å². The maximum absolute atomic E-state index is 10.5. The van der Waals surface area contributed by atoms with Crippen LogP contribution in [0.3, 0.4) is 0 Å². The molecular formula is C8H15BrO. The van der Waals surface area contributed by atoms with Crippen LogP contribution in [-0.4, -0.2) is 10.6 Å². The second-order valence-electron chi connectivity index (χ2n) is 4.00. The third kappa shape index (κ3) is 4.98. The van der Waals surface area contributed by atoms with E-state index in [4.69, 9.17) is 0 Å². The first kappa shape index (κ1) is 10.2. The summed E-state index contributed by atoms with van der Waals surface area (Å²) in [6.45, 7) is 8.03. The Bertz CT molecular complexity index is 122. The van der Waals surface area contributed by atoms with Crippen molar-refractivity contribution in [3.8, 4) is 0 Å². The topological polar surface area (TPSA) is 17.1 Å². The number of halogens is 1. The van der Waals surface area contributed by atoms with Gasteiger partial charge < -0.3 is 4.79 Å². The maximum atomic E-state index is 10.5. The summed E-state index contributed by atoms with van der Waals surface area (Å²) in [6, 6.07) is 0. The van der Waals surface area contributed by atoms with Crippen molar-refractivity contribution in [2.75, 3.05) is 0 Å². The molecule has 0 aliphatic rings. The van der Waals surface area contributed by atoms with Crippen LogP contribution < -0.4 is 0 Å². The van der Waals surface area contributed by atoms with Gasteiger partial charge in [-0.3, -0.25) is 0 Å². The van der Waals surface area contributed by atoms with Crippen LogP contribution in [0.1, 0.15) is 34.1 Å². The zero-order valence-corrected chi connectivity index (χ0v) is 8.66. The highest BCUT2D eigenvalue weighted by atomic mass is 79.9. The average Bonchev–Trinajstić information content (AvgIpc) is 1.60. The highest BCUT2D eigenvalue weighted by Gasteiger charge is 2.25. The Labute approximate surface area is 71.3 Å². The number of carbonyl (C=O) groups excluding carboxylic acids is 1. The summed E-state index contributed by atoms with van der Waals surface area (Å²) in [6.07, 6.45) is 1.87. The lowest BCUT2D eigenvalue weighted by atomic mass is 9.86. The van der Waals surface area contributed by atoms with Crippen molar-refractivity contribution in [3.63, 3.8) is 0 Å². The molecule has 2 heteroatoms. The molecule has 0 aromatic carbocycles. The quantitative estimate of drug-likeness (QED) is 0.513. The first-order valence-electron chi connectivity index (χ1n) is 3.42. The Morgan fingerprint density at radius 1 is 1.30 bits per heavy atom. The maximum Gasteiger partial charge on any atom is 0.125 e. The highest BCUT2D eigenvalue weighted by molar-refractivity contribution is 9.10. The predicted molar refractivity (Wildman–Crippen MR) is 47.5 cm³/mol. The van der Waals surface area contributed by atoms with E-state index in [0.29, 0.717) is 0 Å². The molecule has 0 atom stereocenters. The zero-order valence-electron chi connectivity index (χ0n) is 7.07. The van der Waals surface area contributed by atoms with Crippen molar-refractivity contribution in [3.05, 3.63) is 0 Å². The number of rotatable bonds is 3. The Morgan fingerprint density at radius 3 is 1.80 bits per heavy atom. The fourth-order valence-corrected chi connectivity index (χ4v) is 1.85. The molecule has 0 unspecified atom stereocenters. The van der Waals surface area contributed by atoms with Crippen LogP contribution in [0.5, 0.6) is 0 Å². The lowest BCUT2D eigenvalue weighted by Crippen LogP contribution is -2.24. The van der Waals surface area contributed by atoms with E-state index in [9.17, 15) is 4.79 Å².